The van der Waals surface area contributed by atoms with E-state index in [-0.39, 0.29) is 23.7 Å². The standard InChI is InChI=1S/C12H24N2O2/c1-8(2)7-12(10(4)16)14-11(5-6-13)9(3)15/h8,11-12,14H,5-7,13H2,1-4H3/t11-,12-/m0/s1. The maximum atomic E-state index is 11.4. The molecule has 4 heteroatoms. The van der Waals surface area contributed by atoms with E-state index < -0.39 is 0 Å². The molecule has 0 bridgehead atoms. The molecule has 0 aliphatic rings. The van der Waals surface area contributed by atoms with Gasteiger partial charge in [0.05, 0.1) is 12.1 Å². The third-order valence-corrected chi connectivity index (χ3v) is 2.55. The summed E-state index contributed by atoms with van der Waals surface area (Å²) in [5.41, 5.74) is 5.44. The lowest BCUT2D eigenvalue weighted by Gasteiger charge is -2.23. The quantitative estimate of drug-likeness (QED) is 0.647. The van der Waals surface area contributed by atoms with Gasteiger partial charge in [0.25, 0.3) is 0 Å². The van der Waals surface area contributed by atoms with Gasteiger partial charge in [-0.3, -0.25) is 14.9 Å². The second kappa shape index (κ2) is 7.52. The molecule has 2 atom stereocenters. The molecule has 4 nitrogen and oxygen atoms in total. The smallest absolute Gasteiger partial charge is 0.146 e. The Morgan fingerprint density at radius 1 is 1.12 bits per heavy atom. The first-order valence-corrected chi connectivity index (χ1v) is 5.85. The number of hydrogen-bond acceptors (Lipinski definition) is 4. The van der Waals surface area contributed by atoms with E-state index in [9.17, 15) is 9.59 Å². The monoisotopic (exact) mass is 228 g/mol. The highest BCUT2D eigenvalue weighted by atomic mass is 16.1. The van der Waals surface area contributed by atoms with E-state index in [1.165, 1.54) is 6.92 Å². The van der Waals surface area contributed by atoms with Crippen molar-refractivity contribution in [2.45, 2.75) is 52.6 Å². The summed E-state index contributed by atoms with van der Waals surface area (Å²) < 4.78 is 0. The Bertz CT molecular complexity index is 239. The van der Waals surface area contributed by atoms with Crippen molar-refractivity contribution in [3.05, 3.63) is 0 Å². The number of carbonyl (C=O) groups is 2. The van der Waals surface area contributed by atoms with E-state index in [2.05, 4.69) is 19.2 Å². The number of ketones is 2. The van der Waals surface area contributed by atoms with Gasteiger partial charge in [0.15, 0.2) is 0 Å². The van der Waals surface area contributed by atoms with Crippen molar-refractivity contribution < 1.29 is 9.59 Å². The normalized spacial score (nSPS) is 14.9. The molecule has 0 fully saturated rings. The fourth-order valence-corrected chi connectivity index (χ4v) is 1.64. The van der Waals surface area contributed by atoms with E-state index in [1.54, 1.807) is 6.92 Å². The Kier molecular flexibility index (Phi) is 7.17. The van der Waals surface area contributed by atoms with E-state index in [4.69, 9.17) is 5.73 Å². The van der Waals surface area contributed by atoms with Gasteiger partial charge in [-0.25, -0.2) is 0 Å². The van der Waals surface area contributed by atoms with Gasteiger partial charge in [-0.15, -0.1) is 0 Å². The third kappa shape index (κ3) is 5.98. The van der Waals surface area contributed by atoms with Gasteiger partial charge < -0.3 is 5.73 Å². The predicted octanol–water partition coefficient (Wildman–Crippen LogP) is 0.886. The largest absolute Gasteiger partial charge is 0.330 e. The van der Waals surface area contributed by atoms with Gasteiger partial charge in [0.2, 0.25) is 0 Å². The molecule has 0 aliphatic carbocycles. The highest BCUT2D eigenvalue weighted by Gasteiger charge is 2.22. The van der Waals surface area contributed by atoms with Crippen LogP contribution in [0.1, 0.15) is 40.5 Å². The first kappa shape index (κ1) is 15.3. The maximum absolute atomic E-state index is 11.4. The van der Waals surface area contributed by atoms with Crippen LogP contribution < -0.4 is 11.1 Å². The highest BCUT2D eigenvalue weighted by molar-refractivity contribution is 5.85. The minimum Gasteiger partial charge on any atom is -0.330 e. The second-order valence-corrected chi connectivity index (χ2v) is 4.70. The second-order valence-electron chi connectivity index (χ2n) is 4.70. The molecule has 0 unspecified atom stereocenters. The molecule has 3 N–H and O–H groups in total. The average molecular weight is 228 g/mol. The van der Waals surface area contributed by atoms with E-state index >= 15 is 0 Å². The van der Waals surface area contributed by atoms with Crippen molar-refractivity contribution in [2.75, 3.05) is 6.54 Å². The minimum atomic E-state index is -0.294. The molecule has 0 aromatic heterocycles. The highest BCUT2D eigenvalue weighted by Crippen LogP contribution is 2.07. The SMILES string of the molecule is CC(=O)[C@H](CCN)N[C@@H](CC(C)C)C(C)=O. The predicted molar refractivity (Wildman–Crippen MR) is 65.2 cm³/mol. The van der Waals surface area contributed by atoms with Crippen molar-refractivity contribution in [1.29, 1.82) is 0 Å². The Hall–Kier alpha value is -0.740. The van der Waals surface area contributed by atoms with E-state index in [0.717, 1.165) is 6.42 Å². The molecule has 0 saturated heterocycles. The lowest BCUT2D eigenvalue weighted by Crippen LogP contribution is -2.47. The van der Waals surface area contributed by atoms with Crippen LogP contribution in [0.5, 0.6) is 0 Å². The van der Waals surface area contributed by atoms with Crippen LogP contribution >= 0.6 is 0 Å². The van der Waals surface area contributed by atoms with Crippen molar-refractivity contribution >= 4 is 11.6 Å². The Labute approximate surface area is 98.0 Å². The minimum absolute atomic E-state index is 0.0421. The lowest BCUT2D eigenvalue weighted by molar-refractivity contribution is -0.121. The lowest BCUT2D eigenvalue weighted by atomic mass is 9.98. The molecule has 0 spiro atoms. The molecule has 0 saturated carbocycles. The number of nitrogens with two attached hydrogens (primary N) is 1. The van der Waals surface area contributed by atoms with Crippen molar-refractivity contribution in [2.24, 2.45) is 11.7 Å². The van der Waals surface area contributed by atoms with Gasteiger partial charge in [0, 0.05) is 0 Å². The molecular weight excluding hydrogens is 204 g/mol. The summed E-state index contributed by atoms with van der Waals surface area (Å²) in [6.07, 6.45) is 1.33. The molecule has 94 valence electrons. The first-order valence-electron chi connectivity index (χ1n) is 5.85. The van der Waals surface area contributed by atoms with Gasteiger partial charge in [-0.1, -0.05) is 13.8 Å². The summed E-state index contributed by atoms with van der Waals surface area (Å²) in [5, 5.41) is 3.11. The van der Waals surface area contributed by atoms with Crippen LogP contribution in [-0.4, -0.2) is 30.2 Å². The van der Waals surface area contributed by atoms with Crippen LogP contribution in [0, 0.1) is 5.92 Å². The van der Waals surface area contributed by atoms with Crippen LogP contribution in [0.2, 0.25) is 0 Å². The molecule has 0 radical (unpaired) electrons. The van der Waals surface area contributed by atoms with E-state index in [0.29, 0.717) is 18.9 Å². The number of nitrogens with one attached hydrogen (secondary N) is 1. The van der Waals surface area contributed by atoms with Crippen molar-refractivity contribution in [1.82, 2.24) is 5.32 Å². The Morgan fingerprint density at radius 2 is 1.62 bits per heavy atom. The molecule has 0 aromatic rings. The zero-order valence-corrected chi connectivity index (χ0v) is 10.7. The number of Topliss-reactive ketones (excluding diaryl/α,β-unsaturated/α-hetero) is 2. The van der Waals surface area contributed by atoms with Gasteiger partial charge in [-0.05, 0) is 39.2 Å². The molecule has 0 aromatic carbocycles. The molecule has 0 aliphatic heterocycles. The van der Waals surface area contributed by atoms with Crippen molar-refractivity contribution in [3.63, 3.8) is 0 Å². The Morgan fingerprint density at radius 3 is 1.94 bits per heavy atom. The van der Waals surface area contributed by atoms with Crippen LogP contribution in [0.4, 0.5) is 0 Å². The van der Waals surface area contributed by atoms with Crippen LogP contribution in [-0.2, 0) is 9.59 Å². The summed E-state index contributed by atoms with van der Waals surface area (Å²) in [4.78, 5) is 22.8. The number of carbonyl (C=O) groups excluding carboxylic acids is 2. The first-order chi connectivity index (χ1) is 7.38. The molecule has 0 heterocycles. The van der Waals surface area contributed by atoms with Gasteiger partial charge >= 0.3 is 0 Å². The molecular formula is C12H24N2O2. The van der Waals surface area contributed by atoms with E-state index in [1.807, 2.05) is 0 Å². The number of rotatable bonds is 8. The van der Waals surface area contributed by atoms with Gasteiger partial charge in [0.1, 0.15) is 11.6 Å². The van der Waals surface area contributed by atoms with Crippen LogP contribution in [0.15, 0.2) is 0 Å². The number of hydrogen-bond donors (Lipinski definition) is 2. The topological polar surface area (TPSA) is 72.2 Å². The Balaban J connectivity index is 4.44. The fourth-order valence-electron chi connectivity index (χ4n) is 1.64. The summed E-state index contributed by atoms with van der Waals surface area (Å²) >= 11 is 0. The summed E-state index contributed by atoms with van der Waals surface area (Å²) in [6, 6.07) is -0.530. The zero-order chi connectivity index (χ0) is 12.7. The van der Waals surface area contributed by atoms with Crippen molar-refractivity contribution in [3.8, 4) is 0 Å². The van der Waals surface area contributed by atoms with Gasteiger partial charge in [-0.2, -0.15) is 0 Å². The van der Waals surface area contributed by atoms with Crippen LogP contribution in [0.3, 0.4) is 0 Å². The van der Waals surface area contributed by atoms with Crippen LogP contribution in [0.25, 0.3) is 0 Å². The maximum Gasteiger partial charge on any atom is 0.146 e. The molecule has 16 heavy (non-hydrogen) atoms. The summed E-state index contributed by atoms with van der Waals surface area (Å²) in [5.74, 6) is 0.546. The average Bonchev–Trinajstić information content (AvgIpc) is 2.14. The summed E-state index contributed by atoms with van der Waals surface area (Å²) in [6.45, 7) is 7.65. The zero-order valence-electron chi connectivity index (χ0n) is 10.7. The molecule has 0 rings (SSSR count). The summed E-state index contributed by atoms with van der Waals surface area (Å²) in [7, 11) is 0. The third-order valence-electron chi connectivity index (χ3n) is 2.55. The molecule has 0 amide bonds. The fraction of sp³-hybridized carbons (Fsp3) is 0.833.